The van der Waals surface area contributed by atoms with Gasteiger partial charge in [-0.1, -0.05) is 23.9 Å². The second kappa shape index (κ2) is 9.80. The molecule has 8 nitrogen and oxygen atoms in total. The highest BCUT2D eigenvalue weighted by molar-refractivity contribution is 8.03. The van der Waals surface area contributed by atoms with Crippen LogP contribution in [0.15, 0.2) is 34.9 Å². The number of thioether (sulfide) groups is 1. The predicted molar refractivity (Wildman–Crippen MR) is 101 cm³/mol. The minimum absolute atomic E-state index is 0.0871. The number of carbonyl (C=O) groups excluding carboxylic acids is 3. The summed E-state index contributed by atoms with van der Waals surface area (Å²) in [6.07, 6.45) is 0. The third kappa shape index (κ3) is 4.64. The van der Waals surface area contributed by atoms with Gasteiger partial charge in [0, 0.05) is 5.92 Å². The van der Waals surface area contributed by atoms with Crippen LogP contribution in [0.25, 0.3) is 0 Å². The first-order valence-electron chi connectivity index (χ1n) is 8.42. The van der Waals surface area contributed by atoms with Gasteiger partial charge in [-0.2, -0.15) is 5.26 Å². The van der Waals surface area contributed by atoms with Crippen molar-refractivity contribution in [1.82, 2.24) is 5.32 Å². The van der Waals surface area contributed by atoms with Gasteiger partial charge in [-0.25, -0.2) is 0 Å². The Hall–Kier alpha value is -2.99. The highest BCUT2D eigenvalue weighted by Gasteiger charge is 2.44. The van der Waals surface area contributed by atoms with Gasteiger partial charge in [-0.15, -0.1) is 0 Å². The Morgan fingerprint density at radius 1 is 1.21 bits per heavy atom. The van der Waals surface area contributed by atoms with E-state index in [9.17, 15) is 19.6 Å². The Kier molecular flexibility index (Phi) is 7.46. The van der Waals surface area contributed by atoms with Crippen molar-refractivity contribution in [2.45, 2.75) is 12.8 Å². The molecule has 1 heterocycles. The molecule has 1 N–H and O–H groups in total. The van der Waals surface area contributed by atoms with Crippen LogP contribution < -0.4 is 10.1 Å². The minimum atomic E-state index is -1.22. The molecular formula is C19H20N2O6S. The largest absolute Gasteiger partial charge is 0.494 e. The van der Waals surface area contributed by atoms with E-state index in [-0.39, 0.29) is 16.4 Å². The number of amides is 1. The van der Waals surface area contributed by atoms with Crippen molar-refractivity contribution in [1.29, 1.82) is 5.26 Å². The van der Waals surface area contributed by atoms with Crippen LogP contribution in [0.2, 0.25) is 0 Å². The van der Waals surface area contributed by atoms with Gasteiger partial charge < -0.3 is 19.5 Å². The molecule has 2 rings (SSSR count). The lowest BCUT2D eigenvalue weighted by molar-refractivity contribution is -0.150. The predicted octanol–water partition coefficient (Wildman–Crippen LogP) is 1.73. The van der Waals surface area contributed by atoms with Crippen LogP contribution in [0.5, 0.6) is 5.75 Å². The molecule has 0 unspecified atom stereocenters. The molecular weight excluding hydrogens is 384 g/mol. The first kappa shape index (κ1) is 21.3. The number of hydrogen-bond donors (Lipinski definition) is 1. The number of methoxy groups -OCH3 is 2. The summed E-state index contributed by atoms with van der Waals surface area (Å²) in [4.78, 5) is 36.4. The van der Waals surface area contributed by atoms with Gasteiger partial charge in [0.25, 0.3) is 0 Å². The first-order valence-corrected chi connectivity index (χ1v) is 9.40. The smallest absolute Gasteiger partial charge is 0.319 e. The molecule has 2 atom stereocenters. The van der Waals surface area contributed by atoms with Crippen LogP contribution in [0.3, 0.4) is 0 Å². The topological polar surface area (TPSA) is 115 Å². The molecule has 9 heteroatoms. The second-order valence-corrected chi connectivity index (χ2v) is 6.67. The summed E-state index contributed by atoms with van der Waals surface area (Å²) in [5, 5.41) is 12.5. The van der Waals surface area contributed by atoms with Crippen LogP contribution in [0.4, 0.5) is 0 Å². The molecule has 1 aliphatic rings. The number of rotatable bonds is 7. The molecule has 1 aliphatic heterocycles. The normalized spacial score (nSPS) is 18.7. The van der Waals surface area contributed by atoms with Crippen molar-refractivity contribution < 1.29 is 28.6 Å². The van der Waals surface area contributed by atoms with E-state index >= 15 is 0 Å². The molecule has 0 aliphatic carbocycles. The van der Waals surface area contributed by atoms with Gasteiger partial charge in [0.15, 0.2) is 0 Å². The molecule has 1 amide bonds. The Labute approximate surface area is 166 Å². The number of carbonyl (C=O) groups is 3. The molecule has 0 aromatic heterocycles. The fourth-order valence-electron chi connectivity index (χ4n) is 2.81. The third-order valence-electron chi connectivity index (χ3n) is 4.10. The zero-order valence-electron chi connectivity index (χ0n) is 15.7. The van der Waals surface area contributed by atoms with E-state index < -0.39 is 29.7 Å². The van der Waals surface area contributed by atoms with E-state index in [0.717, 1.165) is 11.8 Å². The highest BCUT2D eigenvalue weighted by atomic mass is 32.2. The number of nitrogens with one attached hydrogen (secondary N) is 1. The summed E-state index contributed by atoms with van der Waals surface area (Å²) in [6, 6.07) is 8.87. The number of allylic oxidation sites excluding steroid dienone is 1. The van der Waals surface area contributed by atoms with E-state index in [0.29, 0.717) is 17.9 Å². The summed E-state index contributed by atoms with van der Waals surface area (Å²) in [5.74, 6) is -3.38. The van der Waals surface area contributed by atoms with Crippen molar-refractivity contribution in [3.8, 4) is 11.8 Å². The summed E-state index contributed by atoms with van der Waals surface area (Å²) in [7, 11) is 2.43. The van der Waals surface area contributed by atoms with Crippen LogP contribution in [-0.2, 0) is 23.9 Å². The van der Waals surface area contributed by atoms with Gasteiger partial charge in [0.1, 0.15) is 11.7 Å². The van der Waals surface area contributed by atoms with Crippen molar-refractivity contribution in [3.63, 3.8) is 0 Å². The van der Waals surface area contributed by atoms with Crippen LogP contribution in [-0.4, -0.2) is 44.4 Å². The second-order valence-electron chi connectivity index (χ2n) is 5.69. The van der Waals surface area contributed by atoms with Gasteiger partial charge >= 0.3 is 11.9 Å². The average molecular weight is 404 g/mol. The summed E-state index contributed by atoms with van der Waals surface area (Å²) in [6.45, 7) is 2.35. The van der Waals surface area contributed by atoms with Crippen molar-refractivity contribution >= 4 is 29.6 Å². The zero-order valence-corrected chi connectivity index (χ0v) is 16.5. The number of nitrogens with zero attached hydrogens (tertiary/aromatic N) is 1. The highest BCUT2D eigenvalue weighted by Crippen LogP contribution is 2.40. The molecule has 0 bridgehead atoms. The summed E-state index contributed by atoms with van der Waals surface area (Å²) in [5.41, 5.74) is 0.759. The monoisotopic (exact) mass is 404 g/mol. The van der Waals surface area contributed by atoms with Crippen molar-refractivity contribution in [2.75, 3.05) is 26.6 Å². The van der Waals surface area contributed by atoms with Crippen LogP contribution in [0, 0.1) is 17.2 Å². The molecule has 28 heavy (non-hydrogen) atoms. The fraction of sp³-hybridized carbons (Fsp3) is 0.368. The third-order valence-corrected chi connectivity index (χ3v) is 5.09. The van der Waals surface area contributed by atoms with E-state index in [2.05, 4.69) is 16.1 Å². The lowest BCUT2D eigenvalue weighted by atomic mass is 9.78. The molecule has 148 valence electrons. The Morgan fingerprint density at radius 3 is 2.43 bits per heavy atom. The quantitative estimate of drug-likeness (QED) is 0.540. The van der Waals surface area contributed by atoms with E-state index in [1.165, 1.54) is 14.2 Å². The maximum Gasteiger partial charge on any atom is 0.319 e. The molecule has 0 radical (unpaired) electrons. The maximum absolute atomic E-state index is 12.6. The van der Waals surface area contributed by atoms with Crippen molar-refractivity contribution in [2.24, 2.45) is 5.92 Å². The van der Waals surface area contributed by atoms with E-state index in [4.69, 9.17) is 9.47 Å². The molecule has 1 aromatic rings. The van der Waals surface area contributed by atoms with Crippen molar-refractivity contribution in [3.05, 3.63) is 40.4 Å². The van der Waals surface area contributed by atoms with Crippen LogP contribution >= 0.6 is 11.8 Å². The Bertz CT molecular complexity index is 828. The lowest BCUT2D eigenvalue weighted by Gasteiger charge is -2.30. The van der Waals surface area contributed by atoms with Gasteiger partial charge in [-0.05, 0) is 24.6 Å². The van der Waals surface area contributed by atoms with E-state index in [1.54, 1.807) is 24.3 Å². The summed E-state index contributed by atoms with van der Waals surface area (Å²) >= 11 is 0.971. The first-order chi connectivity index (χ1) is 13.5. The minimum Gasteiger partial charge on any atom is -0.494 e. The number of benzene rings is 1. The van der Waals surface area contributed by atoms with Gasteiger partial charge in [0.05, 0.1) is 43.3 Å². The van der Waals surface area contributed by atoms with E-state index in [1.807, 2.05) is 6.92 Å². The molecule has 1 aromatic carbocycles. The number of ether oxygens (including phenoxy) is 3. The molecule has 0 spiro atoms. The standard InChI is InChI=1S/C19H20N2O6S/c1-4-27-12-7-5-11(6-8-12)15-13(9-20)18(28-10-14(22)25-2)21-17(23)16(15)19(24)26-3/h5-8,15-16H,4,10H2,1-3H3,(H,21,23)/t15-,16-/m0/s1. The number of esters is 2. The van der Waals surface area contributed by atoms with Gasteiger partial charge in [0.2, 0.25) is 5.91 Å². The van der Waals surface area contributed by atoms with Gasteiger partial charge in [-0.3, -0.25) is 14.4 Å². The van der Waals surface area contributed by atoms with Crippen LogP contribution in [0.1, 0.15) is 18.4 Å². The average Bonchev–Trinajstić information content (AvgIpc) is 2.71. The number of nitriles is 1. The Balaban J connectivity index is 2.50. The zero-order chi connectivity index (χ0) is 20.7. The maximum atomic E-state index is 12.6. The lowest BCUT2D eigenvalue weighted by Crippen LogP contribution is -2.44. The SMILES string of the molecule is CCOc1ccc([C@H]2C(C#N)=C(SCC(=O)OC)NC(=O)[C@H]2C(=O)OC)cc1. The summed E-state index contributed by atoms with van der Waals surface area (Å²) < 4.78 is 14.8. The Morgan fingerprint density at radius 2 is 1.89 bits per heavy atom. The fourth-order valence-corrected chi connectivity index (χ4v) is 3.69. The number of hydrogen-bond acceptors (Lipinski definition) is 8. The molecule has 0 fully saturated rings. The molecule has 0 saturated heterocycles. The molecule has 0 saturated carbocycles.